The number of nitrogens with one attached hydrogen (secondary N) is 2. The predicted octanol–water partition coefficient (Wildman–Crippen LogP) is 6.24. The number of rotatable bonds is 7. The lowest BCUT2D eigenvalue weighted by Gasteiger charge is -2.20. The maximum Gasteiger partial charge on any atom is 0.123 e. The molecule has 0 spiro atoms. The van der Waals surface area contributed by atoms with E-state index in [4.69, 9.17) is 11.6 Å². The van der Waals surface area contributed by atoms with E-state index in [1.165, 1.54) is 31.4 Å². The van der Waals surface area contributed by atoms with Gasteiger partial charge in [-0.05, 0) is 67.3 Å². The van der Waals surface area contributed by atoms with Gasteiger partial charge in [0.05, 0.1) is 41.4 Å². The number of anilines is 2. The van der Waals surface area contributed by atoms with E-state index < -0.39 is 6.02 Å². The number of benzene rings is 2. The van der Waals surface area contributed by atoms with Gasteiger partial charge < -0.3 is 10.6 Å². The highest BCUT2D eigenvalue weighted by molar-refractivity contribution is 6.35. The molecule has 1 unspecified atom stereocenters. The van der Waals surface area contributed by atoms with Crippen LogP contribution in [0.2, 0.25) is 5.02 Å². The Hall–Kier alpha value is -3.70. The van der Waals surface area contributed by atoms with Gasteiger partial charge >= 0.3 is 0 Å². The minimum atomic E-state index is -1.57. The largest absolute Gasteiger partial charge is 0.380 e. The van der Waals surface area contributed by atoms with Gasteiger partial charge in [0.15, 0.2) is 0 Å². The fourth-order valence-corrected chi connectivity index (χ4v) is 6.00. The Bertz CT molecular complexity index is 1590. The molecule has 0 bridgehead atoms. The van der Waals surface area contributed by atoms with Gasteiger partial charge in [-0.2, -0.15) is 5.26 Å². The van der Waals surface area contributed by atoms with E-state index in [0.29, 0.717) is 62.4 Å². The van der Waals surface area contributed by atoms with Crippen molar-refractivity contribution in [3.05, 3.63) is 76.5 Å². The molecule has 3 aliphatic rings. The Morgan fingerprint density at radius 1 is 1.16 bits per heavy atom. The van der Waals surface area contributed by atoms with Gasteiger partial charge in [0, 0.05) is 23.3 Å². The van der Waals surface area contributed by atoms with Crippen LogP contribution in [0.1, 0.15) is 62.4 Å². The summed E-state index contributed by atoms with van der Waals surface area (Å²) in [7, 11) is 0. The zero-order chi connectivity index (χ0) is 26.0. The summed E-state index contributed by atoms with van der Waals surface area (Å²) in [6, 6.07) is 10.7. The highest BCUT2D eigenvalue weighted by Crippen LogP contribution is 2.54. The van der Waals surface area contributed by atoms with Crippen molar-refractivity contribution >= 4 is 33.9 Å². The summed E-state index contributed by atoms with van der Waals surface area (Å²) in [4.78, 5) is 4.47. The van der Waals surface area contributed by atoms with Crippen LogP contribution in [0.4, 0.5) is 15.8 Å². The zero-order valence-electron chi connectivity index (χ0n) is 21.0. The van der Waals surface area contributed by atoms with Crippen molar-refractivity contribution in [1.82, 2.24) is 20.0 Å². The van der Waals surface area contributed by atoms with Crippen molar-refractivity contribution in [1.29, 1.82) is 5.26 Å². The number of fused-ring (bicyclic) bond motifs is 2. The van der Waals surface area contributed by atoms with Gasteiger partial charge in [0.25, 0.3) is 0 Å². The van der Waals surface area contributed by atoms with Crippen LogP contribution in [0.25, 0.3) is 10.9 Å². The van der Waals surface area contributed by atoms with Crippen molar-refractivity contribution < 1.29 is 5.76 Å². The molecule has 3 fully saturated rings. The molecule has 0 saturated heterocycles. The van der Waals surface area contributed by atoms with Crippen LogP contribution in [-0.2, 0) is 0 Å². The summed E-state index contributed by atoms with van der Waals surface area (Å²) in [6.45, 7) is 0. The predicted molar refractivity (Wildman–Crippen MR) is 140 cm³/mol. The van der Waals surface area contributed by atoms with Gasteiger partial charge in [-0.25, -0.2) is 9.07 Å². The van der Waals surface area contributed by atoms with E-state index in [1.54, 1.807) is 35.3 Å². The molecule has 7 rings (SSSR count). The van der Waals surface area contributed by atoms with Crippen molar-refractivity contribution in [2.45, 2.75) is 50.2 Å². The summed E-state index contributed by atoms with van der Waals surface area (Å²) in [5.41, 5.74) is 3.21. The van der Waals surface area contributed by atoms with Crippen LogP contribution >= 0.6 is 11.6 Å². The van der Waals surface area contributed by atoms with Crippen molar-refractivity contribution in [2.75, 3.05) is 10.6 Å². The molecule has 9 heteroatoms. The molecule has 37 heavy (non-hydrogen) atoms. The van der Waals surface area contributed by atoms with E-state index >= 15 is 0 Å². The molecule has 3 aliphatic carbocycles. The molecule has 2 N–H and O–H groups in total. The number of hydrogen-bond acceptors (Lipinski definition) is 6. The molecule has 4 aromatic rings. The van der Waals surface area contributed by atoms with Crippen LogP contribution in [0.5, 0.6) is 0 Å². The van der Waals surface area contributed by atoms with Gasteiger partial charge in [-0.1, -0.05) is 35.4 Å². The Morgan fingerprint density at radius 3 is 2.68 bits per heavy atom. The average molecular weight is 515 g/mol. The maximum absolute atomic E-state index is 13.8. The summed E-state index contributed by atoms with van der Waals surface area (Å²) >= 11 is 6.72. The third kappa shape index (κ3) is 4.08. The number of nitrogens with zero attached hydrogens (tertiary/aromatic N) is 5. The Kier molecular flexibility index (Phi) is 5.03. The lowest BCUT2D eigenvalue weighted by atomic mass is 10.0. The van der Waals surface area contributed by atoms with E-state index in [-0.39, 0.29) is 5.82 Å². The number of pyridine rings is 1. The average Bonchev–Trinajstić information content (AvgIpc) is 3.73. The summed E-state index contributed by atoms with van der Waals surface area (Å²) in [6.07, 6.45) is 9.08. The normalized spacial score (nSPS) is 24.1. The Morgan fingerprint density at radius 2 is 1.95 bits per heavy atom. The Labute approximate surface area is 220 Å². The van der Waals surface area contributed by atoms with Crippen molar-refractivity contribution in [3.8, 4) is 6.07 Å². The lowest BCUT2D eigenvalue weighted by molar-refractivity contribution is 0.610. The smallest absolute Gasteiger partial charge is 0.123 e. The van der Waals surface area contributed by atoms with Crippen LogP contribution in [0.3, 0.4) is 0 Å². The number of halogens is 2. The monoisotopic (exact) mass is 514 g/mol. The van der Waals surface area contributed by atoms with Crippen molar-refractivity contribution in [2.24, 2.45) is 11.8 Å². The lowest BCUT2D eigenvalue weighted by Crippen LogP contribution is -2.14. The molecule has 0 amide bonds. The molecule has 2 aromatic heterocycles. The third-order valence-electron chi connectivity index (χ3n) is 7.85. The summed E-state index contributed by atoms with van der Waals surface area (Å²) in [5, 5.41) is 26.5. The van der Waals surface area contributed by atoms with Crippen LogP contribution in [0.15, 0.2) is 48.8 Å². The molecule has 0 aliphatic heterocycles. The van der Waals surface area contributed by atoms with E-state index in [0.717, 1.165) is 18.5 Å². The molecule has 0 radical (unpaired) electrons. The molecule has 2 aromatic carbocycles. The zero-order valence-corrected chi connectivity index (χ0v) is 20.7. The fraction of sp³-hybridized carbons (Fsp3) is 0.357. The SMILES string of the molecule is [2H][C@](Nc1cc(Cl)c2ncc(C#N)c(NC3[C@H]4CCC[C@@H]34)c2c1)(c1ccc(F)cc1)c1cn(C2CC2)nn1. The topological polar surface area (TPSA) is 91.5 Å². The van der Waals surface area contributed by atoms with E-state index in [2.05, 4.69) is 32.0 Å². The molecule has 7 nitrogen and oxygen atoms in total. The molecule has 2 heterocycles. The standard InChI is InChI=1S/C28H25ClFN7/c29-23-11-18(10-22-25(16(12-31)13-32-28(22)23)34-27-20-2-1-3-21(20)27)33-26(15-4-6-17(30)7-5-15)24-14-37(36-35-24)19-8-9-19/h4-7,10-11,13-14,19-21,26-27,33H,1-3,8-9H2,(H,32,34)/t20-,21+,26-,27?/m0/s1/i26D. The highest BCUT2D eigenvalue weighted by Gasteiger charge is 2.52. The highest BCUT2D eigenvalue weighted by atomic mass is 35.5. The minimum Gasteiger partial charge on any atom is -0.380 e. The van der Waals surface area contributed by atoms with Crippen LogP contribution < -0.4 is 10.6 Å². The van der Waals surface area contributed by atoms with Gasteiger partial charge in [-0.3, -0.25) is 4.98 Å². The van der Waals surface area contributed by atoms with Gasteiger partial charge in [0.2, 0.25) is 0 Å². The van der Waals surface area contributed by atoms with Gasteiger partial charge in [0.1, 0.15) is 17.6 Å². The van der Waals surface area contributed by atoms with Crippen LogP contribution in [-0.4, -0.2) is 26.0 Å². The van der Waals surface area contributed by atoms with Crippen LogP contribution in [0, 0.1) is 29.0 Å². The quantitative estimate of drug-likeness (QED) is 0.303. The fourth-order valence-electron chi connectivity index (χ4n) is 5.73. The number of nitriles is 1. The second-order valence-corrected chi connectivity index (χ2v) is 10.7. The number of aromatic nitrogens is 4. The molecular weight excluding hydrogens is 489 g/mol. The van der Waals surface area contributed by atoms with E-state index in [1.807, 2.05) is 6.07 Å². The summed E-state index contributed by atoms with van der Waals surface area (Å²) < 4.78 is 25.1. The first kappa shape index (κ1) is 21.4. The van der Waals surface area contributed by atoms with Gasteiger partial charge in [-0.15, -0.1) is 5.10 Å². The first-order chi connectivity index (χ1) is 18.4. The summed E-state index contributed by atoms with van der Waals surface area (Å²) in [5.74, 6) is 0.909. The molecule has 3 saturated carbocycles. The molecule has 186 valence electrons. The molecular formula is C28H25ClFN7. The second kappa shape index (κ2) is 8.70. The second-order valence-electron chi connectivity index (χ2n) is 10.3. The Balaban J connectivity index is 1.32. The third-order valence-corrected chi connectivity index (χ3v) is 8.14. The first-order valence-electron chi connectivity index (χ1n) is 13.2. The first-order valence-corrected chi connectivity index (χ1v) is 13.1. The minimum absolute atomic E-state index is 0.301. The molecule has 4 atom stereocenters. The van der Waals surface area contributed by atoms with E-state index in [9.17, 15) is 11.0 Å². The van der Waals surface area contributed by atoms with Crippen molar-refractivity contribution in [3.63, 3.8) is 0 Å². The maximum atomic E-state index is 13.8. The number of hydrogen-bond donors (Lipinski definition) is 2.